The molecular weight excluding hydrogens is 276 g/mol. The molecule has 2 aromatic rings. The fourth-order valence-corrected chi connectivity index (χ4v) is 3.48. The summed E-state index contributed by atoms with van der Waals surface area (Å²) in [7, 11) is 1.90. The lowest BCUT2D eigenvalue weighted by atomic mass is 10.2. The predicted molar refractivity (Wildman–Crippen MR) is 75.9 cm³/mol. The number of nitrogens with zero attached hydrogens (tertiary/aromatic N) is 4. The van der Waals surface area contributed by atoms with Crippen LogP contribution in [0.2, 0.25) is 0 Å². The molecule has 1 fully saturated rings. The lowest BCUT2D eigenvalue weighted by Crippen LogP contribution is -2.16. The average molecular weight is 294 g/mol. The fraction of sp³-hybridized carbons (Fsp3) is 0.583. The topological polar surface area (TPSA) is 94.5 Å². The monoisotopic (exact) mass is 294 g/mol. The summed E-state index contributed by atoms with van der Waals surface area (Å²) in [4.78, 5) is 11.8. The molecule has 0 aliphatic heterocycles. The standard InChI is InChI=1S/C12H18N6OS/c1-7-9(5-6-13)10(17(2)16-7)20-12-15-14-11(19)18(12)8-3-4-8/h8H,3-6,13H2,1-2H3,(H,14,19). The number of nitrogens with one attached hydrogen (secondary N) is 1. The number of rotatable bonds is 5. The van der Waals surface area contributed by atoms with Crippen molar-refractivity contribution >= 4 is 11.8 Å². The molecule has 0 aromatic carbocycles. The maximum absolute atomic E-state index is 11.8. The number of nitrogens with two attached hydrogens (primary N) is 1. The van der Waals surface area contributed by atoms with Crippen LogP contribution in [0.5, 0.6) is 0 Å². The molecule has 0 saturated heterocycles. The summed E-state index contributed by atoms with van der Waals surface area (Å²) in [6.45, 7) is 2.56. The molecule has 108 valence electrons. The van der Waals surface area contributed by atoms with Crippen molar-refractivity contribution < 1.29 is 0 Å². The molecular formula is C12H18N6OS. The van der Waals surface area contributed by atoms with E-state index in [1.807, 2.05) is 18.7 Å². The van der Waals surface area contributed by atoms with Gasteiger partial charge >= 0.3 is 5.69 Å². The van der Waals surface area contributed by atoms with Gasteiger partial charge in [0.2, 0.25) is 0 Å². The maximum atomic E-state index is 11.8. The Morgan fingerprint density at radius 2 is 2.25 bits per heavy atom. The van der Waals surface area contributed by atoms with E-state index in [4.69, 9.17) is 5.73 Å². The van der Waals surface area contributed by atoms with Crippen LogP contribution in [0.4, 0.5) is 0 Å². The van der Waals surface area contributed by atoms with E-state index in [2.05, 4.69) is 15.3 Å². The lowest BCUT2D eigenvalue weighted by Gasteiger charge is -2.06. The molecule has 0 spiro atoms. The molecule has 8 heteroatoms. The van der Waals surface area contributed by atoms with E-state index >= 15 is 0 Å². The Morgan fingerprint density at radius 3 is 2.90 bits per heavy atom. The first-order valence-corrected chi connectivity index (χ1v) is 7.50. The van der Waals surface area contributed by atoms with Crippen molar-refractivity contribution in [1.82, 2.24) is 24.5 Å². The van der Waals surface area contributed by atoms with Gasteiger partial charge in [-0.15, -0.1) is 5.10 Å². The van der Waals surface area contributed by atoms with Crippen molar-refractivity contribution in [1.29, 1.82) is 0 Å². The molecule has 1 saturated carbocycles. The number of aromatic amines is 1. The van der Waals surface area contributed by atoms with Gasteiger partial charge in [-0.3, -0.25) is 9.25 Å². The van der Waals surface area contributed by atoms with Crippen LogP contribution in [-0.4, -0.2) is 31.1 Å². The third-order valence-corrected chi connectivity index (χ3v) is 4.63. The van der Waals surface area contributed by atoms with Gasteiger partial charge in [-0.2, -0.15) is 5.10 Å². The van der Waals surface area contributed by atoms with E-state index in [9.17, 15) is 4.79 Å². The van der Waals surface area contributed by atoms with Gasteiger partial charge in [0.15, 0.2) is 5.16 Å². The quantitative estimate of drug-likeness (QED) is 0.842. The number of aromatic nitrogens is 5. The second-order valence-electron chi connectivity index (χ2n) is 5.05. The highest BCUT2D eigenvalue weighted by Gasteiger charge is 2.29. The SMILES string of the molecule is Cc1nn(C)c(Sc2n[nH]c(=O)n2C2CC2)c1CCN. The minimum Gasteiger partial charge on any atom is -0.330 e. The zero-order chi connectivity index (χ0) is 14.3. The third-order valence-electron chi connectivity index (χ3n) is 3.46. The normalized spacial score (nSPS) is 14.9. The molecule has 3 rings (SSSR count). The van der Waals surface area contributed by atoms with Crippen LogP contribution in [0.3, 0.4) is 0 Å². The van der Waals surface area contributed by atoms with Gasteiger partial charge in [-0.05, 0) is 44.5 Å². The summed E-state index contributed by atoms with van der Waals surface area (Å²) in [5.41, 5.74) is 7.66. The minimum atomic E-state index is -0.130. The third kappa shape index (κ3) is 2.29. The molecule has 0 atom stereocenters. The van der Waals surface area contributed by atoms with Crippen LogP contribution in [0, 0.1) is 6.92 Å². The molecule has 1 aliphatic carbocycles. The van der Waals surface area contributed by atoms with Gasteiger partial charge in [-0.25, -0.2) is 9.89 Å². The molecule has 3 N–H and O–H groups in total. The van der Waals surface area contributed by atoms with E-state index in [0.717, 1.165) is 35.5 Å². The van der Waals surface area contributed by atoms with E-state index < -0.39 is 0 Å². The fourth-order valence-electron chi connectivity index (χ4n) is 2.34. The van der Waals surface area contributed by atoms with Crippen molar-refractivity contribution in [2.24, 2.45) is 12.8 Å². The van der Waals surface area contributed by atoms with Crippen LogP contribution in [0.15, 0.2) is 15.0 Å². The zero-order valence-electron chi connectivity index (χ0n) is 11.6. The van der Waals surface area contributed by atoms with Crippen LogP contribution >= 0.6 is 11.8 Å². The molecule has 0 amide bonds. The molecule has 20 heavy (non-hydrogen) atoms. The number of hydrogen-bond acceptors (Lipinski definition) is 5. The Kier molecular flexibility index (Phi) is 3.43. The van der Waals surface area contributed by atoms with Crippen molar-refractivity contribution in [3.05, 3.63) is 21.7 Å². The van der Waals surface area contributed by atoms with E-state index in [-0.39, 0.29) is 5.69 Å². The Labute approximate surface area is 120 Å². The van der Waals surface area contributed by atoms with E-state index in [1.165, 1.54) is 11.8 Å². The largest absolute Gasteiger partial charge is 0.344 e. The molecule has 2 aromatic heterocycles. The Morgan fingerprint density at radius 1 is 1.50 bits per heavy atom. The van der Waals surface area contributed by atoms with Crippen LogP contribution < -0.4 is 11.4 Å². The number of aryl methyl sites for hydroxylation is 2. The Bertz CT molecular complexity index is 681. The van der Waals surface area contributed by atoms with Gasteiger partial charge < -0.3 is 5.73 Å². The minimum absolute atomic E-state index is 0.130. The van der Waals surface area contributed by atoms with Gasteiger partial charge in [0, 0.05) is 18.7 Å². The van der Waals surface area contributed by atoms with Crippen LogP contribution in [0.1, 0.15) is 30.1 Å². The van der Waals surface area contributed by atoms with Crippen molar-refractivity contribution in [3.8, 4) is 0 Å². The number of H-pyrrole nitrogens is 1. The summed E-state index contributed by atoms with van der Waals surface area (Å²) in [6, 6.07) is 0.302. The van der Waals surface area contributed by atoms with Crippen LogP contribution in [-0.2, 0) is 13.5 Å². The second kappa shape index (κ2) is 5.10. The maximum Gasteiger partial charge on any atom is 0.344 e. The summed E-state index contributed by atoms with van der Waals surface area (Å²) in [5, 5.41) is 12.8. The molecule has 7 nitrogen and oxygen atoms in total. The Balaban J connectivity index is 1.97. The van der Waals surface area contributed by atoms with Crippen molar-refractivity contribution in [2.75, 3.05) is 6.54 Å². The highest BCUT2D eigenvalue weighted by molar-refractivity contribution is 7.99. The molecule has 2 heterocycles. The zero-order valence-corrected chi connectivity index (χ0v) is 12.4. The summed E-state index contributed by atoms with van der Waals surface area (Å²) in [5.74, 6) is 0. The Hall–Kier alpha value is -1.54. The van der Waals surface area contributed by atoms with Gasteiger partial charge in [-0.1, -0.05) is 0 Å². The van der Waals surface area contributed by atoms with Crippen LogP contribution in [0.25, 0.3) is 0 Å². The summed E-state index contributed by atoms with van der Waals surface area (Å²) < 4.78 is 3.58. The van der Waals surface area contributed by atoms with Crippen molar-refractivity contribution in [3.63, 3.8) is 0 Å². The molecule has 0 unspecified atom stereocenters. The molecule has 0 radical (unpaired) electrons. The molecule has 0 bridgehead atoms. The lowest BCUT2D eigenvalue weighted by molar-refractivity contribution is 0.637. The van der Waals surface area contributed by atoms with Gasteiger partial charge in [0.05, 0.1) is 5.69 Å². The summed E-state index contributed by atoms with van der Waals surface area (Å²) in [6.07, 6.45) is 2.88. The van der Waals surface area contributed by atoms with Gasteiger partial charge in [0.25, 0.3) is 0 Å². The first-order valence-electron chi connectivity index (χ1n) is 6.69. The molecule has 1 aliphatic rings. The number of hydrogen-bond donors (Lipinski definition) is 2. The van der Waals surface area contributed by atoms with Gasteiger partial charge in [0.1, 0.15) is 5.03 Å². The first-order chi connectivity index (χ1) is 9.61. The predicted octanol–water partition coefficient (Wildman–Crippen LogP) is 0.601. The highest BCUT2D eigenvalue weighted by Crippen LogP contribution is 2.38. The summed E-state index contributed by atoms with van der Waals surface area (Å²) >= 11 is 1.48. The smallest absolute Gasteiger partial charge is 0.330 e. The average Bonchev–Trinajstić information content (AvgIpc) is 3.12. The van der Waals surface area contributed by atoms with E-state index in [0.29, 0.717) is 17.7 Å². The van der Waals surface area contributed by atoms with Crippen molar-refractivity contribution in [2.45, 2.75) is 42.4 Å². The first kappa shape index (κ1) is 13.4. The second-order valence-corrected chi connectivity index (χ2v) is 6.00. The van der Waals surface area contributed by atoms with E-state index in [1.54, 1.807) is 4.57 Å². The highest BCUT2D eigenvalue weighted by atomic mass is 32.2.